The fourth-order valence-electron chi connectivity index (χ4n) is 1.53. The fourth-order valence-corrected chi connectivity index (χ4v) is 2.41. The molecule has 15 heavy (non-hydrogen) atoms. The van der Waals surface area contributed by atoms with Crippen molar-refractivity contribution in [2.45, 2.75) is 19.4 Å². The number of hydrogen-bond donors (Lipinski definition) is 1. The monoisotopic (exact) mass is 287 g/mol. The van der Waals surface area contributed by atoms with Crippen molar-refractivity contribution in [2.75, 3.05) is 6.54 Å². The summed E-state index contributed by atoms with van der Waals surface area (Å²) in [4.78, 5) is 0. The lowest BCUT2D eigenvalue weighted by atomic mass is 10.0. The maximum Gasteiger partial charge on any atom is 0.0420 e. The highest BCUT2D eigenvalue weighted by molar-refractivity contribution is 9.10. The molecule has 82 valence electrons. The van der Waals surface area contributed by atoms with Gasteiger partial charge in [0.2, 0.25) is 0 Å². The molecule has 0 spiro atoms. The first-order valence-electron chi connectivity index (χ1n) is 4.97. The minimum absolute atomic E-state index is 0.294. The van der Waals surface area contributed by atoms with Crippen LogP contribution in [-0.4, -0.2) is 6.54 Å². The van der Waals surface area contributed by atoms with Crippen LogP contribution >= 0.6 is 27.5 Å². The summed E-state index contributed by atoms with van der Waals surface area (Å²) in [5, 5.41) is 4.16. The van der Waals surface area contributed by atoms with E-state index in [2.05, 4.69) is 40.8 Å². The zero-order valence-electron chi connectivity index (χ0n) is 8.76. The Morgan fingerprint density at radius 1 is 1.53 bits per heavy atom. The molecule has 0 saturated carbocycles. The van der Waals surface area contributed by atoms with Crippen molar-refractivity contribution in [3.63, 3.8) is 0 Å². The van der Waals surface area contributed by atoms with Crippen LogP contribution in [0.2, 0.25) is 5.02 Å². The van der Waals surface area contributed by atoms with Gasteiger partial charge >= 0.3 is 0 Å². The van der Waals surface area contributed by atoms with E-state index in [-0.39, 0.29) is 0 Å². The smallest absolute Gasteiger partial charge is 0.0420 e. The lowest BCUT2D eigenvalue weighted by Crippen LogP contribution is -2.20. The molecular weight excluding hydrogens is 273 g/mol. The summed E-state index contributed by atoms with van der Waals surface area (Å²) in [5.41, 5.74) is 1.19. The van der Waals surface area contributed by atoms with Crippen LogP contribution in [0.1, 0.15) is 24.9 Å². The van der Waals surface area contributed by atoms with E-state index in [1.807, 2.05) is 18.2 Å². The van der Waals surface area contributed by atoms with Crippen LogP contribution in [0, 0.1) is 0 Å². The van der Waals surface area contributed by atoms with E-state index < -0.39 is 0 Å². The molecule has 1 nitrogen and oxygen atoms in total. The summed E-state index contributed by atoms with van der Waals surface area (Å²) in [6, 6.07) is 6.26. The molecule has 0 heterocycles. The number of halogens is 2. The predicted molar refractivity (Wildman–Crippen MR) is 70.4 cm³/mol. The van der Waals surface area contributed by atoms with E-state index in [0.717, 1.165) is 22.5 Å². The SMILES string of the molecule is C=CCC(NCC)c1cc(Cl)cc(Br)c1. The number of rotatable bonds is 5. The molecule has 0 aliphatic carbocycles. The molecule has 0 aliphatic heterocycles. The van der Waals surface area contributed by atoms with Gasteiger partial charge in [0, 0.05) is 15.5 Å². The van der Waals surface area contributed by atoms with Gasteiger partial charge in [-0.05, 0) is 36.7 Å². The third-order valence-corrected chi connectivity index (χ3v) is 2.82. The van der Waals surface area contributed by atoms with Crippen molar-refractivity contribution in [2.24, 2.45) is 0 Å². The molecule has 0 aromatic heterocycles. The molecule has 1 aromatic rings. The van der Waals surface area contributed by atoms with Crippen LogP contribution in [0.15, 0.2) is 35.3 Å². The van der Waals surface area contributed by atoms with Crippen molar-refractivity contribution in [3.8, 4) is 0 Å². The minimum Gasteiger partial charge on any atom is -0.310 e. The molecule has 1 unspecified atom stereocenters. The summed E-state index contributed by atoms with van der Waals surface area (Å²) >= 11 is 9.46. The second-order valence-corrected chi connectivity index (χ2v) is 4.69. The van der Waals surface area contributed by atoms with Crippen LogP contribution in [0.4, 0.5) is 0 Å². The Labute approximate surface area is 105 Å². The first kappa shape index (κ1) is 12.8. The van der Waals surface area contributed by atoms with E-state index in [0.29, 0.717) is 6.04 Å². The molecule has 1 N–H and O–H groups in total. The van der Waals surface area contributed by atoms with Crippen LogP contribution in [0.3, 0.4) is 0 Å². The highest BCUT2D eigenvalue weighted by Gasteiger charge is 2.09. The molecule has 0 aliphatic rings. The van der Waals surface area contributed by atoms with Gasteiger partial charge < -0.3 is 5.32 Å². The Bertz CT molecular complexity index is 318. The highest BCUT2D eigenvalue weighted by atomic mass is 79.9. The Hall–Kier alpha value is -0.310. The second kappa shape index (κ2) is 6.31. The van der Waals surface area contributed by atoms with E-state index in [1.165, 1.54) is 5.56 Å². The van der Waals surface area contributed by atoms with Gasteiger partial charge in [-0.15, -0.1) is 6.58 Å². The largest absolute Gasteiger partial charge is 0.310 e. The molecule has 0 bridgehead atoms. The Balaban J connectivity index is 2.93. The fraction of sp³-hybridized carbons (Fsp3) is 0.333. The van der Waals surface area contributed by atoms with Crippen LogP contribution < -0.4 is 5.32 Å². The number of benzene rings is 1. The molecule has 0 fully saturated rings. The second-order valence-electron chi connectivity index (χ2n) is 3.34. The summed E-state index contributed by atoms with van der Waals surface area (Å²) in [6.45, 7) is 6.79. The third-order valence-electron chi connectivity index (χ3n) is 2.14. The molecule has 0 amide bonds. The average Bonchev–Trinajstić information content (AvgIpc) is 2.16. The lowest BCUT2D eigenvalue weighted by molar-refractivity contribution is 0.559. The van der Waals surface area contributed by atoms with Crippen molar-refractivity contribution in [3.05, 3.63) is 45.9 Å². The maximum atomic E-state index is 6.01. The van der Waals surface area contributed by atoms with Crippen molar-refractivity contribution in [1.82, 2.24) is 5.32 Å². The van der Waals surface area contributed by atoms with Crippen molar-refractivity contribution >= 4 is 27.5 Å². The summed E-state index contributed by atoms with van der Waals surface area (Å²) in [6.07, 6.45) is 2.82. The summed E-state index contributed by atoms with van der Waals surface area (Å²) in [5.74, 6) is 0. The quantitative estimate of drug-likeness (QED) is 0.795. The van der Waals surface area contributed by atoms with Gasteiger partial charge in [-0.2, -0.15) is 0 Å². The van der Waals surface area contributed by atoms with E-state index in [1.54, 1.807) is 0 Å². The summed E-state index contributed by atoms with van der Waals surface area (Å²) < 4.78 is 1.01. The van der Waals surface area contributed by atoms with Crippen LogP contribution in [0.5, 0.6) is 0 Å². The van der Waals surface area contributed by atoms with Gasteiger partial charge in [0.25, 0.3) is 0 Å². The van der Waals surface area contributed by atoms with Gasteiger partial charge in [-0.1, -0.05) is 40.5 Å². The number of nitrogens with one attached hydrogen (secondary N) is 1. The first-order chi connectivity index (χ1) is 7.17. The maximum absolute atomic E-state index is 6.01. The standard InChI is InChI=1S/C12H15BrClN/c1-3-5-12(15-4-2)9-6-10(13)8-11(14)7-9/h3,6-8,12,15H,1,4-5H2,2H3. The molecule has 1 aromatic carbocycles. The van der Waals surface area contributed by atoms with Crippen molar-refractivity contribution in [1.29, 1.82) is 0 Å². The Kier molecular flexibility index (Phi) is 5.37. The normalized spacial score (nSPS) is 12.5. The Morgan fingerprint density at radius 3 is 2.80 bits per heavy atom. The summed E-state index contributed by atoms with van der Waals surface area (Å²) in [7, 11) is 0. The van der Waals surface area contributed by atoms with Gasteiger partial charge in [0.05, 0.1) is 0 Å². The topological polar surface area (TPSA) is 12.0 Å². The molecule has 1 rings (SSSR count). The molecule has 3 heteroatoms. The van der Waals surface area contributed by atoms with Gasteiger partial charge in [-0.25, -0.2) is 0 Å². The van der Waals surface area contributed by atoms with Crippen LogP contribution in [0.25, 0.3) is 0 Å². The van der Waals surface area contributed by atoms with Gasteiger partial charge in [-0.3, -0.25) is 0 Å². The van der Waals surface area contributed by atoms with E-state index >= 15 is 0 Å². The van der Waals surface area contributed by atoms with Gasteiger partial charge in [0.1, 0.15) is 0 Å². The Morgan fingerprint density at radius 2 is 2.27 bits per heavy atom. The van der Waals surface area contributed by atoms with E-state index in [4.69, 9.17) is 11.6 Å². The lowest BCUT2D eigenvalue weighted by Gasteiger charge is -2.17. The third kappa shape index (κ3) is 3.98. The predicted octanol–water partition coefficient (Wildman–Crippen LogP) is 4.33. The first-order valence-corrected chi connectivity index (χ1v) is 6.14. The van der Waals surface area contributed by atoms with E-state index in [9.17, 15) is 0 Å². The molecule has 0 saturated heterocycles. The zero-order valence-corrected chi connectivity index (χ0v) is 11.1. The highest BCUT2D eigenvalue weighted by Crippen LogP contribution is 2.25. The van der Waals surface area contributed by atoms with Crippen molar-refractivity contribution < 1.29 is 0 Å². The molecule has 1 atom stereocenters. The number of hydrogen-bond acceptors (Lipinski definition) is 1. The minimum atomic E-state index is 0.294. The zero-order chi connectivity index (χ0) is 11.3. The molecule has 0 radical (unpaired) electrons. The average molecular weight is 289 g/mol. The van der Waals surface area contributed by atoms with Crippen LogP contribution in [-0.2, 0) is 0 Å². The molecular formula is C12H15BrClN. The van der Waals surface area contributed by atoms with Gasteiger partial charge in [0.15, 0.2) is 0 Å².